The Morgan fingerprint density at radius 2 is 2.42 bits per heavy atom. The molecule has 5 nitrogen and oxygen atoms in total. The molecule has 0 amide bonds. The Bertz CT molecular complexity index is 362. The summed E-state index contributed by atoms with van der Waals surface area (Å²) in [5.74, 6) is 0.519. The number of imidazole rings is 1. The van der Waals surface area contributed by atoms with Crippen molar-refractivity contribution < 1.29 is 5.11 Å². The van der Waals surface area contributed by atoms with E-state index >= 15 is 0 Å². The number of nitrogens with zero attached hydrogens (tertiary/aromatic N) is 3. The van der Waals surface area contributed by atoms with Crippen molar-refractivity contribution in [2.45, 2.75) is 13.0 Å². The van der Waals surface area contributed by atoms with E-state index in [1.54, 1.807) is 13.1 Å². The Kier molecular flexibility index (Phi) is 1.51. The van der Waals surface area contributed by atoms with Gasteiger partial charge in [0.25, 0.3) is 0 Å². The molecule has 0 saturated carbocycles. The molecule has 1 atom stereocenters. The van der Waals surface area contributed by atoms with Gasteiger partial charge >= 0.3 is 0 Å². The molecule has 12 heavy (non-hydrogen) atoms. The molecular formula is C7H8N4O. The lowest BCUT2D eigenvalue weighted by atomic mass is 10.4. The van der Waals surface area contributed by atoms with Gasteiger partial charge in [-0.2, -0.15) is 0 Å². The molecule has 2 rings (SSSR count). The fourth-order valence-corrected chi connectivity index (χ4v) is 0.978. The minimum absolute atomic E-state index is 0.519. The van der Waals surface area contributed by atoms with Crippen LogP contribution in [-0.2, 0) is 0 Å². The molecule has 0 bridgehead atoms. The molecule has 0 aliphatic heterocycles. The average Bonchev–Trinajstić information content (AvgIpc) is 2.46. The van der Waals surface area contributed by atoms with Crippen LogP contribution in [0.15, 0.2) is 12.5 Å². The zero-order chi connectivity index (χ0) is 8.55. The van der Waals surface area contributed by atoms with Gasteiger partial charge in [0.2, 0.25) is 0 Å². The van der Waals surface area contributed by atoms with Crippen LogP contribution in [0, 0.1) is 0 Å². The Morgan fingerprint density at radius 1 is 1.58 bits per heavy atom. The molecule has 2 aromatic rings. The van der Waals surface area contributed by atoms with Gasteiger partial charge in [0.05, 0.1) is 6.20 Å². The number of hydrogen-bond donors (Lipinski definition) is 2. The van der Waals surface area contributed by atoms with Crippen LogP contribution in [0.5, 0.6) is 0 Å². The van der Waals surface area contributed by atoms with Crippen LogP contribution < -0.4 is 0 Å². The zero-order valence-electron chi connectivity index (χ0n) is 6.52. The molecule has 0 fully saturated rings. The fraction of sp³-hybridized carbons (Fsp3) is 0.286. The highest BCUT2D eigenvalue weighted by Gasteiger charge is 2.07. The highest BCUT2D eigenvalue weighted by atomic mass is 16.3. The van der Waals surface area contributed by atoms with Crippen LogP contribution >= 0.6 is 0 Å². The van der Waals surface area contributed by atoms with Crippen molar-refractivity contribution in [1.29, 1.82) is 0 Å². The Balaban J connectivity index is 2.62. The predicted molar refractivity (Wildman–Crippen MR) is 42.3 cm³/mol. The number of hydrogen-bond acceptors (Lipinski definition) is 4. The van der Waals surface area contributed by atoms with Crippen molar-refractivity contribution in [2.75, 3.05) is 0 Å². The van der Waals surface area contributed by atoms with E-state index in [4.69, 9.17) is 0 Å². The SMILES string of the molecule is CC(O)c1nc2ncncc2[nH]1. The quantitative estimate of drug-likeness (QED) is 0.640. The summed E-state index contributed by atoms with van der Waals surface area (Å²) >= 11 is 0. The van der Waals surface area contributed by atoms with E-state index in [9.17, 15) is 5.11 Å². The number of H-pyrrole nitrogens is 1. The lowest BCUT2D eigenvalue weighted by Crippen LogP contribution is -1.92. The summed E-state index contributed by atoms with van der Waals surface area (Å²) in [6.07, 6.45) is 2.45. The predicted octanol–water partition coefficient (Wildman–Crippen LogP) is 0.406. The third kappa shape index (κ3) is 1.04. The van der Waals surface area contributed by atoms with Crippen LogP contribution in [0.4, 0.5) is 0 Å². The molecule has 0 radical (unpaired) electrons. The Hall–Kier alpha value is -1.49. The van der Waals surface area contributed by atoms with Gasteiger partial charge in [-0.05, 0) is 6.92 Å². The van der Waals surface area contributed by atoms with Gasteiger partial charge in [-0.1, -0.05) is 0 Å². The van der Waals surface area contributed by atoms with Gasteiger partial charge in [-0.15, -0.1) is 0 Å². The molecule has 0 spiro atoms. The van der Waals surface area contributed by atoms with Crippen molar-refractivity contribution in [2.24, 2.45) is 0 Å². The lowest BCUT2D eigenvalue weighted by molar-refractivity contribution is 0.190. The molecule has 5 heteroatoms. The van der Waals surface area contributed by atoms with E-state index in [0.717, 1.165) is 5.52 Å². The number of aliphatic hydroxyl groups excluding tert-OH is 1. The summed E-state index contributed by atoms with van der Waals surface area (Å²) in [6.45, 7) is 1.64. The maximum absolute atomic E-state index is 9.18. The van der Waals surface area contributed by atoms with E-state index in [1.807, 2.05) is 0 Å². The second kappa shape index (κ2) is 2.53. The summed E-state index contributed by atoms with van der Waals surface area (Å²) < 4.78 is 0. The third-order valence-corrected chi connectivity index (χ3v) is 1.58. The van der Waals surface area contributed by atoms with Crippen LogP contribution in [0.1, 0.15) is 18.9 Å². The van der Waals surface area contributed by atoms with Crippen molar-refractivity contribution in [1.82, 2.24) is 19.9 Å². The first-order chi connectivity index (χ1) is 5.77. The first kappa shape index (κ1) is 7.17. The largest absolute Gasteiger partial charge is 0.385 e. The maximum atomic E-state index is 9.18. The minimum atomic E-state index is -0.598. The molecule has 0 saturated heterocycles. The second-order valence-corrected chi connectivity index (χ2v) is 2.56. The number of aromatic nitrogens is 4. The molecule has 1 unspecified atom stereocenters. The lowest BCUT2D eigenvalue weighted by Gasteiger charge is -1.94. The normalized spacial score (nSPS) is 13.5. The van der Waals surface area contributed by atoms with Gasteiger partial charge in [0, 0.05) is 0 Å². The smallest absolute Gasteiger partial charge is 0.180 e. The number of aliphatic hydroxyl groups is 1. The monoisotopic (exact) mass is 164 g/mol. The molecule has 62 valence electrons. The van der Waals surface area contributed by atoms with Gasteiger partial charge in [-0.3, -0.25) is 0 Å². The molecule has 0 aliphatic rings. The topological polar surface area (TPSA) is 74.7 Å². The number of rotatable bonds is 1. The van der Waals surface area contributed by atoms with E-state index < -0.39 is 6.10 Å². The molecule has 0 aliphatic carbocycles. The fourth-order valence-electron chi connectivity index (χ4n) is 0.978. The van der Waals surface area contributed by atoms with Gasteiger partial charge < -0.3 is 10.1 Å². The van der Waals surface area contributed by atoms with E-state index in [2.05, 4.69) is 19.9 Å². The van der Waals surface area contributed by atoms with Crippen LogP contribution in [0.3, 0.4) is 0 Å². The zero-order valence-corrected chi connectivity index (χ0v) is 6.52. The molecule has 2 N–H and O–H groups in total. The first-order valence-electron chi connectivity index (χ1n) is 3.61. The molecule has 0 aromatic carbocycles. The minimum Gasteiger partial charge on any atom is -0.385 e. The van der Waals surface area contributed by atoms with Gasteiger partial charge in [0.1, 0.15) is 23.8 Å². The van der Waals surface area contributed by atoms with E-state index in [0.29, 0.717) is 11.5 Å². The maximum Gasteiger partial charge on any atom is 0.180 e. The second-order valence-electron chi connectivity index (χ2n) is 2.56. The Morgan fingerprint density at radius 3 is 3.08 bits per heavy atom. The van der Waals surface area contributed by atoms with Crippen molar-refractivity contribution >= 4 is 11.2 Å². The Labute approximate surface area is 68.5 Å². The van der Waals surface area contributed by atoms with Crippen molar-refractivity contribution in [3.63, 3.8) is 0 Å². The number of aromatic amines is 1. The average molecular weight is 164 g/mol. The van der Waals surface area contributed by atoms with Gasteiger partial charge in [-0.25, -0.2) is 15.0 Å². The highest BCUT2D eigenvalue weighted by molar-refractivity contribution is 5.68. The summed E-state index contributed by atoms with van der Waals surface area (Å²) in [5.41, 5.74) is 1.33. The van der Waals surface area contributed by atoms with Crippen LogP contribution in [0.2, 0.25) is 0 Å². The van der Waals surface area contributed by atoms with Crippen molar-refractivity contribution in [3.8, 4) is 0 Å². The third-order valence-electron chi connectivity index (χ3n) is 1.58. The van der Waals surface area contributed by atoms with Crippen LogP contribution in [0.25, 0.3) is 11.2 Å². The van der Waals surface area contributed by atoms with E-state index in [-0.39, 0.29) is 0 Å². The molecule has 2 heterocycles. The van der Waals surface area contributed by atoms with Crippen molar-refractivity contribution in [3.05, 3.63) is 18.3 Å². The summed E-state index contributed by atoms with van der Waals surface area (Å²) in [5, 5.41) is 9.18. The van der Waals surface area contributed by atoms with Gasteiger partial charge in [0.15, 0.2) is 5.65 Å². The standard InChI is InChI=1S/C7H8N4O/c1-4(12)6-10-5-2-8-3-9-7(5)11-6/h2-4,12H,1H3,(H,8,9,10,11). The first-order valence-corrected chi connectivity index (χ1v) is 3.61. The summed E-state index contributed by atoms with van der Waals surface area (Å²) in [6, 6.07) is 0. The number of nitrogens with one attached hydrogen (secondary N) is 1. The summed E-state index contributed by atoms with van der Waals surface area (Å²) in [7, 11) is 0. The molecular weight excluding hydrogens is 156 g/mol. The molecule has 2 aromatic heterocycles. The van der Waals surface area contributed by atoms with E-state index in [1.165, 1.54) is 6.33 Å². The number of fused-ring (bicyclic) bond motifs is 1. The summed E-state index contributed by atoms with van der Waals surface area (Å²) in [4.78, 5) is 14.7. The van der Waals surface area contributed by atoms with Crippen LogP contribution in [-0.4, -0.2) is 25.0 Å². The highest BCUT2D eigenvalue weighted by Crippen LogP contribution is 2.11.